The highest BCUT2D eigenvalue weighted by atomic mass is 28.4. The van der Waals surface area contributed by atoms with E-state index in [1.54, 1.807) is 0 Å². The van der Waals surface area contributed by atoms with Crippen molar-refractivity contribution in [3.8, 4) is 0 Å². The Hall–Kier alpha value is -1.95. The largest absolute Gasteiger partial charge is 0.478 e. The standard InChI is InChI=1S/C19H27FO4Si/c1-8-9-24-17(23)14-10-13(16(21)22)11-15(12-14)25(20,18(2,3)4)19(5,6)7/h8,10-12H,1,9H2,2-7H3,(H,21,22). The zero-order chi connectivity index (χ0) is 19.6. The first-order valence-electron chi connectivity index (χ1n) is 8.11. The molecule has 0 radical (unpaired) electrons. The number of halogens is 1. The van der Waals surface area contributed by atoms with Gasteiger partial charge in [-0.25, -0.2) is 9.59 Å². The summed E-state index contributed by atoms with van der Waals surface area (Å²) in [4.78, 5) is 23.7. The smallest absolute Gasteiger partial charge is 0.338 e. The van der Waals surface area contributed by atoms with E-state index in [0.717, 1.165) is 0 Å². The van der Waals surface area contributed by atoms with Gasteiger partial charge in [0.05, 0.1) is 11.1 Å². The van der Waals surface area contributed by atoms with Crippen LogP contribution in [0.25, 0.3) is 0 Å². The normalized spacial score (nSPS) is 12.6. The molecule has 1 N–H and O–H groups in total. The number of hydrogen-bond donors (Lipinski definition) is 1. The van der Waals surface area contributed by atoms with Crippen LogP contribution in [0.5, 0.6) is 0 Å². The van der Waals surface area contributed by atoms with Crippen LogP contribution in [-0.2, 0) is 4.74 Å². The minimum atomic E-state index is -3.71. The van der Waals surface area contributed by atoms with E-state index in [1.165, 1.54) is 24.3 Å². The molecule has 0 atom stereocenters. The van der Waals surface area contributed by atoms with E-state index < -0.39 is 30.4 Å². The maximum atomic E-state index is 16.5. The van der Waals surface area contributed by atoms with Crippen LogP contribution in [0.15, 0.2) is 30.9 Å². The van der Waals surface area contributed by atoms with Gasteiger partial charge in [0.1, 0.15) is 6.61 Å². The third-order valence-electron chi connectivity index (χ3n) is 4.21. The maximum Gasteiger partial charge on any atom is 0.338 e. The lowest BCUT2D eigenvalue weighted by atomic mass is 10.1. The van der Waals surface area contributed by atoms with Crippen LogP contribution < -0.4 is 5.19 Å². The number of carbonyl (C=O) groups excluding carboxylic acids is 1. The van der Waals surface area contributed by atoms with E-state index in [0.29, 0.717) is 0 Å². The Morgan fingerprint density at radius 1 is 1.12 bits per heavy atom. The second-order valence-corrected chi connectivity index (χ2v) is 13.0. The predicted octanol–water partition coefficient (Wildman–Crippen LogP) is 4.45. The van der Waals surface area contributed by atoms with Crippen molar-refractivity contribution in [1.29, 1.82) is 0 Å². The molecular formula is C19H27FO4Si. The number of carboxylic acids is 1. The summed E-state index contributed by atoms with van der Waals surface area (Å²) in [6.07, 6.45) is 1.42. The first kappa shape index (κ1) is 21.1. The molecule has 0 saturated heterocycles. The lowest BCUT2D eigenvalue weighted by Gasteiger charge is -2.45. The number of carboxylic acid groups (broad SMARTS) is 1. The molecule has 0 aliphatic carbocycles. The summed E-state index contributed by atoms with van der Waals surface area (Å²) in [6, 6.07) is 4.02. The molecule has 0 fully saturated rings. The molecule has 6 heteroatoms. The SMILES string of the molecule is C=CCOC(=O)c1cc(C(=O)O)cc([Si](F)(C(C)(C)C)C(C)(C)C)c1. The van der Waals surface area contributed by atoms with Crippen molar-refractivity contribution >= 4 is 25.5 Å². The van der Waals surface area contributed by atoms with Crippen LogP contribution in [0.4, 0.5) is 4.11 Å². The third kappa shape index (κ3) is 4.18. The highest BCUT2D eigenvalue weighted by Gasteiger charge is 2.57. The van der Waals surface area contributed by atoms with Crippen molar-refractivity contribution in [3.63, 3.8) is 0 Å². The zero-order valence-corrected chi connectivity index (χ0v) is 16.8. The molecule has 138 valence electrons. The number of esters is 1. The number of carbonyl (C=O) groups is 2. The first-order valence-corrected chi connectivity index (χ1v) is 9.99. The van der Waals surface area contributed by atoms with E-state index in [4.69, 9.17) is 4.74 Å². The summed E-state index contributed by atoms with van der Waals surface area (Å²) in [5.74, 6) is -1.90. The number of ether oxygens (including phenoxy) is 1. The Morgan fingerprint density at radius 2 is 1.60 bits per heavy atom. The fraction of sp³-hybridized carbons (Fsp3) is 0.474. The topological polar surface area (TPSA) is 63.6 Å². The average molecular weight is 367 g/mol. The van der Waals surface area contributed by atoms with Crippen molar-refractivity contribution in [1.82, 2.24) is 0 Å². The van der Waals surface area contributed by atoms with Crippen molar-refractivity contribution in [2.24, 2.45) is 0 Å². The molecule has 0 aliphatic heterocycles. The third-order valence-corrected chi connectivity index (χ3v) is 9.43. The molecule has 0 bridgehead atoms. The molecule has 1 rings (SSSR count). The van der Waals surface area contributed by atoms with Crippen LogP contribution in [-0.4, -0.2) is 32.1 Å². The van der Waals surface area contributed by atoms with Crippen molar-refractivity contribution < 1.29 is 23.5 Å². The number of aromatic carboxylic acids is 1. The van der Waals surface area contributed by atoms with Crippen LogP contribution in [0.3, 0.4) is 0 Å². The fourth-order valence-electron chi connectivity index (χ4n) is 3.28. The van der Waals surface area contributed by atoms with Crippen LogP contribution in [0.2, 0.25) is 10.1 Å². The molecule has 0 heterocycles. The van der Waals surface area contributed by atoms with Gasteiger partial charge < -0.3 is 14.0 Å². The molecular weight excluding hydrogens is 339 g/mol. The van der Waals surface area contributed by atoms with Crippen LogP contribution in [0, 0.1) is 0 Å². The summed E-state index contributed by atoms with van der Waals surface area (Å²) < 4.78 is 21.4. The number of hydrogen-bond acceptors (Lipinski definition) is 3. The van der Waals surface area contributed by atoms with Gasteiger partial charge in [-0.2, -0.15) is 0 Å². The molecule has 1 aromatic carbocycles. The molecule has 0 amide bonds. The molecule has 4 nitrogen and oxygen atoms in total. The lowest BCUT2D eigenvalue weighted by molar-refractivity contribution is 0.0550. The monoisotopic (exact) mass is 366 g/mol. The summed E-state index contributed by atoms with van der Waals surface area (Å²) in [5.41, 5.74) is -0.0779. The Kier molecular flexibility index (Phi) is 6.00. The molecule has 0 unspecified atom stereocenters. The van der Waals surface area contributed by atoms with E-state index in [2.05, 4.69) is 6.58 Å². The van der Waals surface area contributed by atoms with Gasteiger partial charge in [-0.1, -0.05) is 54.2 Å². The second-order valence-electron chi connectivity index (χ2n) is 8.15. The van der Waals surface area contributed by atoms with E-state index >= 15 is 4.11 Å². The lowest BCUT2D eigenvalue weighted by Crippen LogP contribution is -2.58. The quantitative estimate of drug-likeness (QED) is 0.362. The van der Waals surface area contributed by atoms with Gasteiger partial charge in [0, 0.05) is 0 Å². The summed E-state index contributed by atoms with van der Waals surface area (Å²) in [5, 5.41) is 8.30. The predicted molar refractivity (Wildman–Crippen MR) is 99.8 cm³/mol. The maximum absolute atomic E-state index is 16.5. The minimum absolute atomic E-state index is 0.00219. The van der Waals surface area contributed by atoms with E-state index in [9.17, 15) is 14.7 Å². The van der Waals surface area contributed by atoms with Gasteiger partial charge in [0.15, 0.2) is 0 Å². The van der Waals surface area contributed by atoms with Crippen LogP contribution in [0.1, 0.15) is 62.3 Å². The summed E-state index contributed by atoms with van der Waals surface area (Å²) in [6.45, 7) is 14.3. The molecule has 0 aliphatic rings. The summed E-state index contributed by atoms with van der Waals surface area (Å²) in [7, 11) is -3.71. The van der Waals surface area contributed by atoms with Crippen molar-refractivity contribution in [2.45, 2.75) is 51.6 Å². The average Bonchev–Trinajstić information content (AvgIpc) is 2.48. The minimum Gasteiger partial charge on any atom is -0.478 e. The highest BCUT2D eigenvalue weighted by Crippen LogP contribution is 2.51. The molecule has 0 aromatic heterocycles. The molecule has 1 aromatic rings. The number of benzene rings is 1. The Labute approximate surface area is 149 Å². The Morgan fingerprint density at radius 3 is 2.00 bits per heavy atom. The van der Waals surface area contributed by atoms with Gasteiger partial charge in [0.25, 0.3) is 8.41 Å². The van der Waals surface area contributed by atoms with Gasteiger partial charge >= 0.3 is 11.9 Å². The first-order chi connectivity index (χ1) is 11.3. The Balaban J connectivity index is 3.67. The van der Waals surface area contributed by atoms with Gasteiger partial charge in [-0.3, -0.25) is 0 Å². The second kappa shape index (κ2) is 7.12. The molecule has 25 heavy (non-hydrogen) atoms. The zero-order valence-electron chi connectivity index (χ0n) is 15.8. The van der Waals surface area contributed by atoms with Crippen molar-refractivity contribution in [2.75, 3.05) is 6.61 Å². The molecule has 0 saturated carbocycles. The Bertz CT molecular complexity index is 670. The van der Waals surface area contributed by atoms with E-state index in [-0.39, 0.29) is 22.9 Å². The van der Waals surface area contributed by atoms with Crippen LogP contribution >= 0.6 is 0 Å². The van der Waals surface area contributed by atoms with Gasteiger partial charge in [-0.05, 0) is 33.5 Å². The van der Waals surface area contributed by atoms with Crippen molar-refractivity contribution in [3.05, 3.63) is 42.0 Å². The summed E-state index contributed by atoms with van der Waals surface area (Å²) >= 11 is 0. The highest BCUT2D eigenvalue weighted by molar-refractivity contribution is 6.90. The molecule has 0 spiro atoms. The van der Waals surface area contributed by atoms with E-state index in [1.807, 2.05) is 41.5 Å². The fourth-order valence-corrected chi connectivity index (χ4v) is 7.97. The number of rotatable bonds is 5. The van der Waals surface area contributed by atoms with Gasteiger partial charge in [-0.15, -0.1) is 0 Å². The van der Waals surface area contributed by atoms with Gasteiger partial charge in [0.2, 0.25) is 0 Å².